The van der Waals surface area contributed by atoms with E-state index in [1.165, 1.54) is 86.0 Å². The van der Waals surface area contributed by atoms with Gasteiger partial charge in [-0.15, -0.1) is 11.3 Å². The Labute approximate surface area is 298 Å². The molecule has 0 N–H and O–H groups in total. The first-order chi connectivity index (χ1) is 25.3. The summed E-state index contributed by atoms with van der Waals surface area (Å²) in [5.41, 5.74) is 11.9. The van der Waals surface area contributed by atoms with Crippen molar-refractivity contribution in [1.82, 2.24) is 9.13 Å². The van der Waals surface area contributed by atoms with Crippen molar-refractivity contribution in [2.75, 3.05) is 0 Å². The van der Waals surface area contributed by atoms with Crippen molar-refractivity contribution in [3.63, 3.8) is 0 Å². The molecule has 8 aromatic carbocycles. The molecule has 3 heteroatoms. The van der Waals surface area contributed by atoms with E-state index in [4.69, 9.17) is 0 Å². The number of benzene rings is 8. The second-order valence-corrected chi connectivity index (χ2v) is 14.5. The molecule has 238 valence electrons. The number of hydrogen-bond donors (Lipinski definition) is 0. The van der Waals surface area contributed by atoms with Crippen molar-refractivity contribution < 1.29 is 0 Å². The molecule has 0 bridgehead atoms. The first-order valence-electron chi connectivity index (χ1n) is 17.4. The van der Waals surface area contributed by atoms with Crippen LogP contribution in [-0.2, 0) is 0 Å². The maximum absolute atomic E-state index is 2.44. The average Bonchev–Trinajstić information content (AvgIpc) is 3.85. The number of rotatable bonds is 4. The lowest BCUT2D eigenvalue weighted by molar-refractivity contribution is 1.13. The Morgan fingerprint density at radius 3 is 1.25 bits per heavy atom. The summed E-state index contributed by atoms with van der Waals surface area (Å²) in [6, 6.07) is 66.8. The number of hydrogen-bond acceptors (Lipinski definition) is 1. The summed E-state index contributed by atoms with van der Waals surface area (Å²) in [6.07, 6.45) is 0. The molecule has 0 radical (unpaired) electrons. The van der Waals surface area contributed by atoms with Gasteiger partial charge < -0.3 is 9.13 Å². The lowest BCUT2D eigenvalue weighted by Crippen LogP contribution is -2.00. The third-order valence-corrected chi connectivity index (χ3v) is 11.6. The van der Waals surface area contributed by atoms with Crippen LogP contribution in [0.1, 0.15) is 0 Å². The number of fused-ring (bicyclic) bond motifs is 9. The van der Waals surface area contributed by atoms with Crippen molar-refractivity contribution in [3.8, 4) is 33.6 Å². The maximum atomic E-state index is 2.44. The van der Waals surface area contributed by atoms with Gasteiger partial charge in [0.2, 0.25) is 0 Å². The van der Waals surface area contributed by atoms with E-state index < -0.39 is 0 Å². The summed E-state index contributed by atoms with van der Waals surface area (Å²) in [5, 5.41) is 7.69. The van der Waals surface area contributed by atoms with Gasteiger partial charge in [-0.2, -0.15) is 0 Å². The average molecular weight is 667 g/mol. The molecule has 0 aliphatic heterocycles. The summed E-state index contributed by atoms with van der Waals surface area (Å²) in [6.45, 7) is 0. The lowest BCUT2D eigenvalue weighted by Gasteiger charge is -2.16. The molecule has 0 saturated heterocycles. The lowest BCUT2D eigenvalue weighted by atomic mass is 9.97. The SMILES string of the molecule is c1cc(-c2cc(-n3c4ccccc4c4ccccc43)cc(-n3c4ccccc4c4ccccc43)c2)cc(-c2ccc3c(c2)sc2ccccc23)c1. The Kier molecular flexibility index (Phi) is 6.16. The van der Waals surface area contributed by atoms with Crippen LogP contribution in [0.25, 0.3) is 97.4 Å². The molecule has 0 amide bonds. The highest BCUT2D eigenvalue weighted by atomic mass is 32.1. The molecule has 3 aromatic heterocycles. The molecule has 0 unspecified atom stereocenters. The van der Waals surface area contributed by atoms with Crippen molar-refractivity contribution in [3.05, 3.63) is 182 Å². The Balaban J connectivity index is 1.17. The molecule has 11 aromatic rings. The van der Waals surface area contributed by atoms with Gasteiger partial charge in [0.25, 0.3) is 0 Å². The van der Waals surface area contributed by atoms with Crippen LogP contribution in [0.2, 0.25) is 0 Å². The highest BCUT2D eigenvalue weighted by molar-refractivity contribution is 7.25. The summed E-state index contributed by atoms with van der Waals surface area (Å²) >= 11 is 1.87. The summed E-state index contributed by atoms with van der Waals surface area (Å²) in [5.74, 6) is 0. The second-order valence-electron chi connectivity index (χ2n) is 13.4. The number of aromatic nitrogens is 2. The van der Waals surface area contributed by atoms with Crippen LogP contribution >= 0.6 is 11.3 Å². The standard InChI is InChI=1S/C48H30N2S/c1-6-19-43-37(14-1)38-15-2-7-20-44(38)49(43)35-27-34(28-36(30-35)50-45-21-8-3-16-39(45)40-17-4-9-22-46(40)50)32-13-11-12-31(26-32)33-24-25-42-41-18-5-10-23-47(41)51-48(42)29-33/h1-30H. The van der Waals surface area contributed by atoms with Gasteiger partial charge >= 0.3 is 0 Å². The molecular weight excluding hydrogens is 637 g/mol. The van der Waals surface area contributed by atoms with E-state index in [1.807, 2.05) is 11.3 Å². The molecule has 0 fully saturated rings. The highest BCUT2D eigenvalue weighted by Gasteiger charge is 2.17. The molecule has 3 heterocycles. The Morgan fingerprint density at radius 1 is 0.275 bits per heavy atom. The van der Waals surface area contributed by atoms with Crippen LogP contribution < -0.4 is 0 Å². The van der Waals surface area contributed by atoms with Crippen LogP contribution in [0.15, 0.2) is 182 Å². The van der Waals surface area contributed by atoms with Gasteiger partial charge in [0, 0.05) is 53.1 Å². The van der Waals surface area contributed by atoms with Crippen LogP contribution in [0, 0.1) is 0 Å². The van der Waals surface area contributed by atoms with Crippen LogP contribution in [0.5, 0.6) is 0 Å². The minimum Gasteiger partial charge on any atom is -0.309 e. The third-order valence-electron chi connectivity index (χ3n) is 10.5. The van der Waals surface area contributed by atoms with E-state index in [-0.39, 0.29) is 0 Å². The minimum atomic E-state index is 1.14. The fraction of sp³-hybridized carbons (Fsp3) is 0. The largest absolute Gasteiger partial charge is 0.309 e. The van der Waals surface area contributed by atoms with E-state index in [9.17, 15) is 0 Å². The molecule has 0 atom stereocenters. The Hall–Kier alpha value is -6.42. The minimum absolute atomic E-state index is 1.14. The van der Waals surface area contributed by atoms with Crippen molar-refractivity contribution in [1.29, 1.82) is 0 Å². The monoisotopic (exact) mass is 666 g/mol. The molecule has 0 spiro atoms. The quantitative estimate of drug-likeness (QED) is 0.177. The number of para-hydroxylation sites is 4. The smallest absolute Gasteiger partial charge is 0.0541 e. The van der Waals surface area contributed by atoms with E-state index in [1.54, 1.807) is 0 Å². The Bertz CT molecular complexity index is 2920. The van der Waals surface area contributed by atoms with Crippen molar-refractivity contribution >= 4 is 75.1 Å². The first-order valence-corrected chi connectivity index (χ1v) is 18.2. The second kappa shape index (κ2) is 11.0. The van der Waals surface area contributed by atoms with E-state index >= 15 is 0 Å². The van der Waals surface area contributed by atoms with Crippen molar-refractivity contribution in [2.45, 2.75) is 0 Å². The normalized spacial score (nSPS) is 11.9. The zero-order chi connectivity index (χ0) is 33.5. The van der Waals surface area contributed by atoms with E-state index in [2.05, 4.69) is 191 Å². The van der Waals surface area contributed by atoms with E-state index in [0.29, 0.717) is 0 Å². The van der Waals surface area contributed by atoms with Crippen LogP contribution in [0.4, 0.5) is 0 Å². The molecule has 0 aliphatic carbocycles. The molecule has 0 saturated carbocycles. The molecule has 0 aliphatic rings. The predicted octanol–water partition coefficient (Wildman–Crippen LogP) is 13.6. The molecule has 11 rings (SSSR count). The predicted molar refractivity (Wildman–Crippen MR) is 219 cm³/mol. The Morgan fingerprint density at radius 2 is 0.706 bits per heavy atom. The zero-order valence-electron chi connectivity index (χ0n) is 27.6. The molecule has 2 nitrogen and oxygen atoms in total. The van der Waals surface area contributed by atoms with Gasteiger partial charge in [-0.05, 0) is 82.9 Å². The van der Waals surface area contributed by atoms with Gasteiger partial charge in [-0.3, -0.25) is 0 Å². The highest BCUT2D eigenvalue weighted by Crippen LogP contribution is 2.40. The third kappa shape index (κ3) is 4.35. The summed E-state index contributed by atoms with van der Waals surface area (Å²) in [7, 11) is 0. The zero-order valence-corrected chi connectivity index (χ0v) is 28.4. The van der Waals surface area contributed by atoms with E-state index in [0.717, 1.165) is 11.4 Å². The van der Waals surface area contributed by atoms with Crippen molar-refractivity contribution in [2.24, 2.45) is 0 Å². The topological polar surface area (TPSA) is 9.86 Å². The maximum Gasteiger partial charge on any atom is 0.0541 e. The van der Waals surface area contributed by atoms with Gasteiger partial charge in [-0.1, -0.05) is 121 Å². The van der Waals surface area contributed by atoms with Crippen LogP contribution in [-0.4, -0.2) is 9.13 Å². The fourth-order valence-electron chi connectivity index (χ4n) is 8.21. The van der Waals surface area contributed by atoms with Gasteiger partial charge in [0.1, 0.15) is 0 Å². The van der Waals surface area contributed by atoms with Gasteiger partial charge in [0.15, 0.2) is 0 Å². The van der Waals surface area contributed by atoms with Gasteiger partial charge in [-0.25, -0.2) is 0 Å². The number of nitrogens with zero attached hydrogens (tertiary/aromatic N) is 2. The van der Waals surface area contributed by atoms with Gasteiger partial charge in [0.05, 0.1) is 22.1 Å². The number of thiophene rings is 1. The molecular formula is C48H30N2S. The summed E-state index contributed by atoms with van der Waals surface area (Å²) < 4.78 is 7.52. The fourth-order valence-corrected chi connectivity index (χ4v) is 9.35. The first kappa shape index (κ1) is 28.4. The van der Waals surface area contributed by atoms with Crippen LogP contribution in [0.3, 0.4) is 0 Å². The molecule has 51 heavy (non-hydrogen) atoms. The summed E-state index contributed by atoms with van der Waals surface area (Å²) in [4.78, 5) is 0.